The lowest BCUT2D eigenvalue weighted by Crippen LogP contribution is -2.44. The Labute approximate surface area is 182 Å². The highest BCUT2D eigenvalue weighted by molar-refractivity contribution is 6.22. The first-order valence-electron chi connectivity index (χ1n) is 10.9. The Balaban J connectivity index is 1.66. The number of carbonyl (C=O) groups is 1. The molecule has 3 heterocycles. The molecule has 31 heavy (non-hydrogen) atoms. The zero-order valence-corrected chi connectivity index (χ0v) is 18.3. The lowest BCUT2D eigenvalue weighted by atomic mass is 10.0. The standard InChI is InChI=1S/C23H30N6O2/c1-17-15-19(18(16-21(17)31)24-9-14-30)26-22-20-7-3-4-10-28(20)27-23(22)25-8-13-29(2)11-5-6-12-29/h3-4,7,10,15-16,30H,5-6,8-9,11-14H2,1-2H3,(H-,24,25,27,31)/p+1/b26-19+. The molecule has 0 radical (unpaired) electrons. The van der Waals surface area contributed by atoms with Crippen LogP contribution in [0.25, 0.3) is 5.52 Å². The van der Waals surface area contributed by atoms with Gasteiger partial charge >= 0.3 is 0 Å². The van der Waals surface area contributed by atoms with Gasteiger partial charge in [0.2, 0.25) is 0 Å². The van der Waals surface area contributed by atoms with Gasteiger partial charge in [0.05, 0.1) is 56.8 Å². The lowest BCUT2D eigenvalue weighted by Gasteiger charge is -2.29. The van der Waals surface area contributed by atoms with E-state index in [4.69, 9.17) is 10.1 Å². The van der Waals surface area contributed by atoms with Crippen LogP contribution in [-0.4, -0.2) is 77.1 Å². The van der Waals surface area contributed by atoms with E-state index >= 15 is 0 Å². The molecule has 8 nitrogen and oxygen atoms in total. The number of likely N-dealkylation sites (tertiary alicyclic amines) is 1. The van der Waals surface area contributed by atoms with E-state index in [9.17, 15) is 9.90 Å². The van der Waals surface area contributed by atoms with E-state index in [-0.39, 0.29) is 12.4 Å². The molecule has 0 unspecified atom stereocenters. The SMILES string of the molecule is CC1=C/C(=N\c2c(NCC[N+]3(C)CCCC3)nn3ccccc23)C(NCCO)=CC1=O. The summed E-state index contributed by atoms with van der Waals surface area (Å²) in [6.07, 6.45) is 7.83. The van der Waals surface area contributed by atoms with Crippen LogP contribution < -0.4 is 10.6 Å². The Bertz CT molecular complexity index is 1060. The zero-order valence-electron chi connectivity index (χ0n) is 18.3. The van der Waals surface area contributed by atoms with Crippen molar-refractivity contribution in [1.29, 1.82) is 0 Å². The number of carbonyl (C=O) groups excluding carboxylic acids is 1. The minimum Gasteiger partial charge on any atom is -0.395 e. The van der Waals surface area contributed by atoms with Gasteiger partial charge in [-0.25, -0.2) is 9.51 Å². The molecule has 0 atom stereocenters. The van der Waals surface area contributed by atoms with Crippen molar-refractivity contribution in [1.82, 2.24) is 14.9 Å². The van der Waals surface area contributed by atoms with Crippen LogP contribution in [0.4, 0.5) is 11.5 Å². The van der Waals surface area contributed by atoms with Gasteiger partial charge in [-0.1, -0.05) is 6.07 Å². The summed E-state index contributed by atoms with van der Waals surface area (Å²) in [4.78, 5) is 17.1. The fourth-order valence-corrected chi connectivity index (χ4v) is 4.20. The molecule has 0 saturated carbocycles. The van der Waals surface area contributed by atoms with Crippen molar-refractivity contribution in [3.05, 3.63) is 47.8 Å². The molecule has 0 amide bonds. The third-order valence-corrected chi connectivity index (χ3v) is 6.06. The van der Waals surface area contributed by atoms with Crippen LogP contribution in [0, 0.1) is 0 Å². The number of nitrogens with one attached hydrogen (secondary N) is 2. The molecule has 1 fully saturated rings. The number of allylic oxidation sites excluding steroid dienone is 3. The van der Waals surface area contributed by atoms with Crippen LogP contribution in [0.15, 0.2) is 52.8 Å². The van der Waals surface area contributed by atoms with Gasteiger partial charge in [-0.05, 0) is 30.7 Å². The Morgan fingerprint density at radius 1 is 1.19 bits per heavy atom. The molecule has 164 valence electrons. The van der Waals surface area contributed by atoms with E-state index in [1.807, 2.05) is 28.9 Å². The average Bonchev–Trinajstić information content (AvgIpc) is 3.34. The van der Waals surface area contributed by atoms with Gasteiger partial charge < -0.3 is 20.2 Å². The number of aromatic nitrogens is 2. The molecule has 8 heteroatoms. The number of pyridine rings is 1. The summed E-state index contributed by atoms with van der Waals surface area (Å²) in [7, 11) is 2.32. The number of anilines is 1. The highest BCUT2D eigenvalue weighted by Gasteiger charge is 2.26. The normalized spacial score (nSPS) is 19.6. The maximum absolute atomic E-state index is 12.2. The first kappa shape index (κ1) is 21.3. The Morgan fingerprint density at radius 3 is 2.77 bits per heavy atom. The minimum absolute atomic E-state index is 0.0257. The molecule has 2 aromatic rings. The van der Waals surface area contributed by atoms with Crippen LogP contribution in [0.1, 0.15) is 19.8 Å². The smallest absolute Gasteiger partial charge is 0.183 e. The minimum atomic E-state index is -0.0554. The second kappa shape index (κ2) is 9.03. The second-order valence-corrected chi connectivity index (χ2v) is 8.55. The number of rotatable bonds is 8. The summed E-state index contributed by atoms with van der Waals surface area (Å²) in [5.41, 5.74) is 3.54. The van der Waals surface area contributed by atoms with Gasteiger partial charge in [0.25, 0.3) is 0 Å². The van der Waals surface area contributed by atoms with Crippen molar-refractivity contribution >= 4 is 28.5 Å². The number of fused-ring (bicyclic) bond motifs is 1. The van der Waals surface area contributed by atoms with E-state index in [1.54, 1.807) is 19.1 Å². The number of hydrogen-bond donors (Lipinski definition) is 3. The fourth-order valence-electron chi connectivity index (χ4n) is 4.20. The molecule has 1 aliphatic heterocycles. The van der Waals surface area contributed by atoms with E-state index in [1.165, 1.54) is 25.9 Å². The highest BCUT2D eigenvalue weighted by Crippen LogP contribution is 2.31. The maximum atomic E-state index is 12.2. The molecule has 0 spiro atoms. The lowest BCUT2D eigenvalue weighted by molar-refractivity contribution is -0.895. The molecule has 2 aromatic heterocycles. The molecular formula is C23H31N6O2+. The van der Waals surface area contributed by atoms with Gasteiger partial charge in [-0.2, -0.15) is 0 Å². The molecule has 1 aliphatic carbocycles. The summed E-state index contributed by atoms with van der Waals surface area (Å²) in [5, 5.41) is 20.5. The van der Waals surface area contributed by atoms with Crippen molar-refractivity contribution in [3.63, 3.8) is 0 Å². The summed E-state index contributed by atoms with van der Waals surface area (Å²) < 4.78 is 2.91. The summed E-state index contributed by atoms with van der Waals surface area (Å²) in [6.45, 7) is 6.42. The third kappa shape index (κ3) is 4.70. The third-order valence-electron chi connectivity index (χ3n) is 6.06. The predicted molar refractivity (Wildman–Crippen MR) is 123 cm³/mol. The largest absolute Gasteiger partial charge is 0.395 e. The summed E-state index contributed by atoms with van der Waals surface area (Å²) in [5.74, 6) is 0.675. The quantitative estimate of drug-likeness (QED) is 0.447. The molecule has 4 rings (SSSR count). The number of aliphatic hydroxyl groups excluding tert-OH is 1. The van der Waals surface area contributed by atoms with Crippen LogP contribution >= 0.6 is 0 Å². The topological polar surface area (TPSA) is 91.0 Å². The zero-order chi connectivity index (χ0) is 21.8. The van der Waals surface area contributed by atoms with Gasteiger partial charge in [0.1, 0.15) is 5.69 Å². The van der Waals surface area contributed by atoms with Gasteiger partial charge in [0, 0.05) is 31.7 Å². The van der Waals surface area contributed by atoms with E-state index < -0.39 is 0 Å². The summed E-state index contributed by atoms with van der Waals surface area (Å²) >= 11 is 0. The Kier molecular flexibility index (Phi) is 6.20. The maximum Gasteiger partial charge on any atom is 0.183 e. The van der Waals surface area contributed by atoms with Crippen molar-refractivity contribution in [2.75, 3.05) is 51.7 Å². The van der Waals surface area contributed by atoms with Crippen molar-refractivity contribution in [2.24, 2.45) is 4.99 Å². The number of aliphatic imine (C=N–C) groups is 1. The fraction of sp³-hybridized carbons (Fsp3) is 0.435. The first-order valence-corrected chi connectivity index (χ1v) is 10.9. The molecule has 3 N–H and O–H groups in total. The van der Waals surface area contributed by atoms with Crippen LogP contribution in [0.3, 0.4) is 0 Å². The van der Waals surface area contributed by atoms with E-state index in [0.717, 1.165) is 34.6 Å². The van der Waals surface area contributed by atoms with Gasteiger partial charge in [0.15, 0.2) is 11.6 Å². The highest BCUT2D eigenvalue weighted by atomic mass is 16.3. The second-order valence-electron chi connectivity index (χ2n) is 8.55. The molecule has 0 bridgehead atoms. The number of ketones is 1. The summed E-state index contributed by atoms with van der Waals surface area (Å²) in [6, 6.07) is 5.89. The Hall–Kier alpha value is -2.97. The van der Waals surface area contributed by atoms with Crippen molar-refractivity contribution < 1.29 is 14.4 Å². The van der Waals surface area contributed by atoms with Crippen LogP contribution in [0.5, 0.6) is 0 Å². The molecular weight excluding hydrogens is 392 g/mol. The van der Waals surface area contributed by atoms with Crippen molar-refractivity contribution in [2.45, 2.75) is 19.8 Å². The average molecular weight is 424 g/mol. The number of hydrogen-bond acceptors (Lipinski definition) is 6. The van der Waals surface area contributed by atoms with Crippen LogP contribution in [0.2, 0.25) is 0 Å². The molecule has 1 saturated heterocycles. The molecule has 2 aliphatic rings. The van der Waals surface area contributed by atoms with Gasteiger partial charge in [-0.15, -0.1) is 5.10 Å². The predicted octanol–water partition coefficient (Wildman–Crippen LogP) is 2.05. The Morgan fingerprint density at radius 2 is 2.00 bits per heavy atom. The van der Waals surface area contributed by atoms with E-state index in [2.05, 4.69) is 17.7 Å². The number of aliphatic hydroxyl groups is 1. The van der Waals surface area contributed by atoms with Crippen LogP contribution in [-0.2, 0) is 4.79 Å². The number of likely N-dealkylation sites (N-methyl/N-ethyl adjacent to an activating group) is 1. The van der Waals surface area contributed by atoms with Crippen molar-refractivity contribution in [3.8, 4) is 0 Å². The van der Waals surface area contributed by atoms with E-state index in [0.29, 0.717) is 23.5 Å². The molecule has 0 aromatic carbocycles. The number of nitrogens with zero attached hydrogens (tertiary/aromatic N) is 4. The first-order chi connectivity index (χ1) is 15.0. The monoisotopic (exact) mass is 423 g/mol. The number of quaternary nitrogens is 1. The van der Waals surface area contributed by atoms with Gasteiger partial charge in [-0.3, -0.25) is 4.79 Å².